The van der Waals surface area contributed by atoms with Crippen LogP contribution in [0.25, 0.3) is 0 Å². The van der Waals surface area contributed by atoms with Crippen LogP contribution in [0.15, 0.2) is 0 Å². The fraction of sp³-hybridized carbons (Fsp3) is 0.923. The summed E-state index contributed by atoms with van der Waals surface area (Å²) in [5.74, 6) is -0.572. The van der Waals surface area contributed by atoms with E-state index in [9.17, 15) is 13.2 Å². The van der Waals surface area contributed by atoms with Crippen LogP contribution < -0.4 is 0 Å². The molecule has 0 aromatic carbocycles. The predicted octanol–water partition coefficient (Wildman–Crippen LogP) is 0.0428. The Balaban J connectivity index is 2.10. The van der Waals surface area contributed by atoms with E-state index in [0.29, 0.717) is 12.5 Å². The Labute approximate surface area is 120 Å². The average Bonchev–Trinajstić information content (AvgIpc) is 2.70. The first-order chi connectivity index (χ1) is 9.28. The van der Waals surface area contributed by atoms with Crippen LogP contribution in [0.3, 0.4) is 0 Å². The standard InChI is InChI=1S/C13H24N2O4S/c1-10-7-11(3-5-14(10)2)15(8-13(16)17)12-4-6-20(18,19)9-12/h10-12H,3-9H2,1-2H3,(H,16,17). The van der Waals surface area contributed by atoms with Gasteiger partial charge in [-0.25, -0.2) is 8.42 Å². The zero-order valence-corrected chi connectivity index (χ0v) is 13.0. The normalized spacial score (nSPS) is 34.5. The number of hydrogen-bond acceptors (Lipinski definition) is 5. The molecule has 0 spiro atoms. The number of likely N-dealkylation sites (tertiary alicyclic amines) is 1. The fourth-order valence-electron chi connectivity index (χ4n) is 3.32. The first-order valence-electron chi connectivity index (χ1n) is 7.16. The summed E-state index contributed by atoms with van der Waals surface area (Å²) in [7, 11) is -0.912. The van der Waals surface area contributed by atoms with Gasteiger partial charge in [-0.05, 0) is 39.8 Å². The third-order valence-electron chi connectivity index (χ3n) is 4.64. The van der Waals surface area contributed by atoms with Crippen molar-refractivity contribution in [2.75, 3.05) is 31.6 Å². The van der Waals surface area contributed by atoms with Gasteiger partial charge in [-0.2, -0.15) is 0 Å². The fourth-order valence-corrected chi connectivity index (χ4v) is 5.06. The zero-order valence-electron chi connectivity index (χ0n) is 12.2. The Hall–Kier alpha value is -0.660. The van der Waals surface area contributed by atoms with E-state index in [1.54, 1.807) is 0 Å². The quantitative estimate of drug-likeness (QED) is 0.790. The van der Waals surface area contributed by atoms with E-state index in [0.717, 1.165) is 19.4 Å². The molecule has 0 bridgehead atoms. The van der Waals surface area contributed by atoms with Crippen LogP contribution >= 0.6 is 0 Å². The van der Waals surface area contributed by atoms with Gasteiger partial charge in [0.2, 0.25) is 0 Å². The highest BCUT2D eigenvalue weighted by atomic mass is 32.2. The highest BCUT2D eigenvalue weighted by Gasteiger charge is 2.38. The van der Waals surface area contributed by atoms with E-state index in [4.69, 9.17) is 5.11 Å². The van der Waals surface area contributed by atoms with E-state index in [-0.39, 0.29) is 30.1 Å². The third kappa shape index (κ3) is 3.71. The van der Waals surface area contributed by atoms with Crippen LogP contribution in [-0.2, 0) is 14.6 Å². The van der Waals surface area contributed by atoms with Crippen LogP contribution in [0.5, 0.6) is 0 Å². The lowest BCUT2D eigenvalue weighted by Gasteiger charge is -2.42. The number of carboxylic acid groups (broad SMARTS) is 1. The molecule has 1 N–H and O–H groups in total. The Morgan fingerprint density at radius 2 is 2.05 bits per heavy atom. The molecule has 2 aliphatic rings. The lowest BCUT2D eigenvalue weighted by atomic mass is 9.95. The van der Waals surface area contributed by atoms with Crippen molar-refractivity contribution >= 4 is 15.8 Å². The number of hydrogen-bond donors (Lipinski definition) is 1. The topological polar surface area (TPSA) is 77.9 Å². The van der Waals surface area contributed by atoms with Crippen molar-refractivity contribution in [1.29, 1.82) is 0 Å². The molecule has 3 unspecified atom stereocenters. The van der Waals surface area contributed by atoms with Crippen LogP contribution in [0.4, 0.5) is 0 Å². The Morgan fingerprint density at radius 3 is 2.55 bits per heavy atom. The number of sulfone groups is 1. The van der Waals surface area contributed by atoms with Crippen molar-refractivity contribution in [3.8, 4) is 0 Å². The van der Waals surface area contributed by atoms with Gasteiger partial charge in [0.25, 0.3) is 0 Å². The smallest absolute Gasteiger partial charge is 0.317 e. The summed E-state index contributed by atoms with van der Waals surface area (Å²) in [5, 5.41) is 9.12. The number of rotatable bonds is 4. The van der Waals surface area contributed by atoms with E-state index >= 15 is 0 Å². The van der Waals surface area contributed by atoms with Crippen molar-refractivity contribution in [3.05, 3.63) is 0 Å². The monoisotopic (exact) mass is 304 g/mol. The second-order valence-electron chi connectivity index (χ2n) is 6.13. The minimum atomic E-state index is -2.98. The highest BCUT2D eigenvalue weighted by molar-refractivity contribution is 7.91. The first-order valence-corrected chi connectivity index (χ1v) is 8.99. The van der Waals surface area contributed by atoms with E-state index in [1.807, 2.05) is 4.90 Å². The van der Waals surface area contributed by atoms with E-state index < -0.39 is 15.8 Å². The molecule has 0 saturated carbocycles. The maximum Gasteiger partial charge on any atom is 0.317 e. The molecule has 0 amide bonds. The predicted molar refractivity (Wildman–Crippen MR) is 76.5 cm³/mol. The Morgan fingerprint density at radius 1 is 1.35 bits per heavy atom. The van der Waals surface area contributed by atoms with Crippen molar-refractivity contribution in [2.24, 2.45) is 0 Å². The SMILES string of the molecule is CC1CC(N(CC(=O)O)C2CCS(=O)(=O)C2)CCN1C. The van der Waals surface area contributed by atoms with Gasteiger partial charge in [-0.15, -0.1) is 0 Å². The molecular weight excluding hydrogens is 280 g/mol. The third-order valence-corrected chi connectivity index (χ3v) is 6.40. The Bertz CT molecular complexity index is 465. The summed E-state index contributed by atoms with van der Waals surface area (Å²) in [6.07, 6.45) is 2.38. The summed E-state index contributed by atoms with van der Waals surface area (Å²) in [4.78, 5) is 15.3. The van der Waals surface area contributed by atoms with Crippen LogP contribution in [0.1, 0.15) is 26.2 Å². The Kier molecular flexibility index (Phi) is 4.71. The lowest BCUT2D eigenvalue weighted by molar-refractivity contribution is -0.140. The molecule has 2 rings (SSSR count). The molecule has 0 aliphatic carbocycles. The molecule has 0 radical (unpaired) electrons. The summed E-state index contributed by atoms with van der Waals surface area (Å²) < 4.78 is 23.3. The molecule has 0 aromatic rings. The number of piperidine rings is 1. The zero-order chi connectivity index (χ0) is 14.9. The van der Waals surface area contributed by atoms with Crippen molar-refractivity contribution in [2.45, 2.75) is 44.3 Å². The molecule has 6 nitrogen and oxygen atoms in total. The minimum absolute atomic E-state index is 0.0543. The summed E-state index contributed by atoms with van der Waals surface area (Å²) in [5.41, 5.74) is 0. The number of aliphatic carboxylic acids is 1. The maximum absolute atomic E-state index is 11.6. The lowest BCUT2D eigenvalue weighted by Crippen LogP contribution is -2.52. The molecule has 2 fully saturated rings. The van der Waals surface area contributed by atoms with Gasteiger partial charge in [-0.3, -0.25) is 9.69 Å². The van der Waals surface area contributed by atoms with E-state index in [2.05, 4.69) is 18.9 Å². The number of carboxylic acids is 1. The largest absolute Gasteiger partial charge is 0.480 e. The van der Waals surface area contributed by atoms with Gasteiger partial charge in [0.15, 0.2) is 9.84 Å². The molecule has 116 valence electrons. The van der Waals surface area contributed by atoms with Gasteiger partial charge in [-0.1, -0.05) is 0 Å². The van der Waals surface area contributed by atoms with Crippen LogP contribution in [0.2, 0.25) is 0 Å². The average molecular weight is 304 g/mol. The van der Waals surface area contributed by atoms with Crippen molar-refractivity contribution in [1.82, 2.24) is 9.80 Å². The molecule has 7 heteroatoms. The van der Waals surface area contributed by atoms with Gasteiger partial charge in [0.05, 0.1) is 18.1 Å². The molecule has 3 atom stereocenters. The summed E-state index contributed by atoms with van der Waals surface area (Å²) in [6, 6.07) is 0.454. The second kappa shape index (κ2) is 5.99. The van der Waals surface area contributed by atoms with Gasteiger partial charge in [0, 0.05) is 18.1 Å². The molecular formula is C13H24N2O4S. The first kappa shape index (κ1) is 15.7. The van der Waals surface area contributed by atoms with Crippen molar-refractivity contribution in [3.63, 3.8) is 0 Å². The van der Waals surface area contributed by atoms with Gasteiger partial charge in [0.1, 0.15) is 0 Å². The van der Waals surface area contributed by atoms with Gasteiger partial charge < -0.3 is 10.0 Å². The molecule has 20 heavy (non-hydrogen) atoms. The molecule has 2 saturated heterocycles. The minimum Gasteiger partial charge on any atom is -0.480 e. The maximum atomic E-state index is 11.6. The van der Waals surface area contributed by atoms with Crippen LogP contribution in [-0.4, -0.2) is 79.1 Å². The van der Waals surface area contributed by atoms with Gasteiger partial charge >= 0.3 is 5.97 Å². The second-order valence-corrected chi connectivity index (χ2v) is 8.36. The summed E-state index contributed by atoms with van der Waals surface area (Å²) >= 11 is 0. The van der Waals surface area contributed by atoms with E-state index in [1.165, 1.54) is 0 Å². The van der Waals surface area contributed by atoms with Crippen LogP contribution in [0, 0.1) is 0 Å². The molecule has 0 aromatic heterocycles. The molecule has 2 heterocycles. The highest BCUT2D eigenvalue weighted by Crippen LogP contribution is 2.26. The summed E-state index contributed by atoms with van der Waals surface area (Å²) in [6.45, 7) is 3.01. The van der Waals surface area contributed by atoms with Crippen molar-refractivity contribution < 1.29 is 18.3 Å². The number of carbonyl (C=O) groups is 1. The molecule has 2 aliphatic heterocycles. The number of nitrogens with zero attached hydrogens (tertiary/aromatic N) is 2.